The molecule has 0 aromatic heterocycles. The van der Waals surface area contributed by atoms with Gasteiger partial charge in [0.2, 0.25) is 0 Å². The van der Waals surface area contributed by atoms with E-state index in [2.05, 4.69) is 5.32 Å². The molecule has 3 aromatic rings. The maximum atomic E-state index is 13.9. The molecule has 7 heteroatoms. The van der Waals surface area contributed by atoms with E-state index in [1.54, 1.807) is 49.6 Å². The van der Waals surface area contributed by atoms with E-state index in [4.69, 9.17) is 25.8 Å². The molecule has 0 aliphatic carbocycles. The number of amides is 1. The number of carbonyl (C=O) groups is 1. The summed E-state index contributed by atoms with van der Waals surface area (Å²) in [6, 6.07) is 15.8. The zero-order chi connectivity index (χ0) is 20.1. The number of benzene rings is 3. The number of rotatable bonds is 6. The van der Waals surface area contributed by atoms with E-state index in [9.17, 15) is 9.18 Å². The minimum absolute atomic E-state index is 0.0568. The number of hydrogen-bond acceptors (Lipinski definition) is 4. The number of carbonyl (C=O) groups excluding carboxylic acids is 1. The van der Waals surface area contributed by atoms with Crippen LogP contribution in [0.5, 0.6) is 23.0 Å². The quantitative estimate of drug-likeness (QED) is 0.589. The van der Waals surface area contributed by atoms with Crippen LogP contribution in [-0.2, 0) is 0 Å². The molecule has 0 bridgehead atoms. The number of halogens is 2. The van der Waals surface area contributed by atoms with Crippen LogP contribution in [-0.4, -0.2) is 20.1 Å². The molecule has 5 nitrogen and oxygen atoms in total. The van der Waals surface area contributed by atoms with Crippen molar-refractivity contribution in [2.45, 2.75) is 0 Å². The molecular weight excluding hydrogens is 385 g/mol. The molecule has 3 rings (SSSR count). The summed E-state index contributed by atoms with van der Waals surface area (Å²) in [5, 5.41) is 3.11. The molecule has 28 heavy (non-hydrogen) atoms. The van der Waals surface area contributed by atoms with Crippen LogP contribution in [0.2, 0.25) is 5.02 Å². The van der Waals surface area contributed by atoms with Gasteiger partial charge in [-0.3, -0.25) is 4.79 Å². The van der Waals surface area contributed by atoms with Crippen molar-refractivity contribution in [2.75, 3.05) is 19.5 Å². The Labute approximate surface area is 166 Å². The van der Waals surface area contributed by atoms with Crippen molar-refractivity contribution in [2.24, 2.45) is 0 Å². The maximum absolute atomic E-state index is 13.9. The lowest BCUT2D eigenvalue weighted by molar-refractivity contribution is 0.102. The zero-order valence-corrected chi connectivity index (χ0v) is 15.9. The van der Waals surface area contributed by atoms with Gasteiger partial charge in [0.05, 0.1) is 19.9 Å². The van der Waals surface area contributed by atoms with Gasteiger partial charge in [0.15, 0.2) is 17.3 Å². The van der Waals surface area contributed by atoms with Crippen LogP contribution >= 0.6 is 11.6 Å². The first-order valence-electron chi connectivity index (χ1n) is 8.26. The smallest absolute Gasteiger partial charge is 0.255 e. The second-order valence-corrected chi connectivity index (χ2v) is 6.16. The third kappa shape index (κ3) is 4.53. The van der Waals surface area contributed by atoms with Crippen molar-refractivity contribution in [1.29, 1.82) is 0 Å². The Morgan fingerprint density at radius 3 is 2.39 bits per heavy atom. The molecule has 0 fully saturated rings. The summed E-state index contributed by atoms with van der Waals surface area (Å²) in [4.78, 5) is 12.5. The van der Waals surface area contributed by atoms with Gasteiger partial charge in [-0.05, 0) is 48.5 Å². The van der Waals surface area contributed by atoms with Gasteiger partial charge in [-0.15, -0.1) is 0 Å². The van der Waals surface area contributed by atoms with Gasteiger partial charge in [0.25, 0.3) is 5.91 Å². The molecular formula is C21H17ClFNO4. The first-order valence-corrected chi connectivity index (χ1v) is 8.64. The molecule has 0 saturated carbocycles. The molecule has 0 spiro atoms. The van der Waals surface area contributed by atoms with Crippen molar-refractivity contribution in [3.05, 3.63) is 77.1 Å². The summed E-state index contributed by atoms with van der Waals surface area (Å²) in [6.07, 6.45) is 0. The molecule has 0 radical (unpaired) electrons. The number of anilines is 1. The molecule has 1 N–H and O–H groups in total. The van der Waals surface area contributed by atoms with Gasteiger partial charge in [-0.25, -0.2) is 4.39 Å². The molecule has 0 atom stereocenters. The van der Waals surface area contributed by atoms with E-state index < -0.39 is 11.7 Å². The molecule has 0 unspecified atom stereocenters. The minimum Gasteiger partial charge on any atom is -0.497 e. The third-order valence-corrected chi connectivity index (χ3v) is 4.11. The normalized spacial score (nSPS) is 10.3. The van der Waals surface area contributed by atoms with Crippen LogP contribution < -0.4 is 19.5 Å². The van der Waals surface area contributed by atoms with Crippen molar-refractivity contribution < 1.29 is 23.4 Å². The topological polar surface area (TPSA) is 56.8 Å². The van der Waals surface area contributed by atoms with Crippen molar-refractivity contribution in [3.8, 4) is 23.0 Å². The van der Waals surface area contributed by atoms with Crippen LogP contribution in [0.15, 0.2) is 60.7 Å². The lowest BCUT2D eigenvalue weighted by atomic mass is 10.2. The second kappa shape index (κ2) is 8.63. The Kier molecular flexibility index (Phi) is 6.01. The van der Waals surface area contributed by atoms with E-state index in [1.807, 2.05) is 0 Å². The Morgan fingerprint density at radius 2 is 1.68 bits per heavy atom. The molecule has 3 aromatic carbocycles. The van der Waals surface area contributed by atoms with Gasteiger partial charge in [0, 0.05) is 16.7 Å². The fraction of sp³-hybridized carbons (Fsp3) is 0.0952. The van der Waals surface area contributed by atoms with Gasteiger partial charge >= 0.3 is 0 Å². The second-order valence-electron chi connectivity index (χ2n) is 5.72. The Hall–Kier alpha value is -3.25. The Balaban J connectivity index is 1.86. The largest absolute Gasteiger partial charge is 0.497 e. The Morgan fingerprint density at radius 1 is 0.929 bits per heavy atom. The molecule has 1 amide bonds. The highest BCUT2D eigenvalue weighted by Crippen LogP contribution is 2.33. The van der Waals surface area contributed by atoms with Crippen LogP contribution in [0, 0.1) is 5.82 Å². The number of hydrogen-bond donors (Lipinski definition) is 1. The average molecular weight is 402 g/mol. The highest BCUT2D eigenvalue weighted by atomic mass is 35.5. The standard InChI is InChI=1S/C21H17ClFNO4/c1-26-15-4-3-5-16(12-15)28-20-9-7-14(22)11-18(20)24-21(25)13-6-8-19(27-2)17(23)10-13/h3-12H,1-2H3,(H,24,25). The van der Waals surface area contributed by atoms with Crippen LogP contribution in [0.4, 0.5) is 10.1 Å². The number of methoxy groups -OCH3 is 2. The summed E-state index contributed by atoms with van der Waals surface area (Å²) < 4.78 is 29.8. The monoisotopic (exact) mass is 401 g/mol. The fourth-order valence-corrected chi connectivity index (χ4v) is 2.65. The molecule has 0 aliphatic rings. The first-order chi connectivity index (χ1) is 13.5. The Bertz CT molecular complexity index is 1010. The summed E-state index contributed by atoms with van der Waals surface area (Å²) in [7, 11) is 2.91. The zero-order valence-electron chi connectivity index (χ0n) is 15.2. The van der Waals surface area contributed by atoms with Gasteiger partial charge < -0.3 is 19.5 Å². The fourth-order valence-electron chi connectivity index (χ4n) is 2.48. The summed E-state index contributed by atoms with van der Waals surface area (Å²) in [6.45, 7) is 0. The van der Waals surface area contributed by atoms with Gasteiger partial charge in [-0.1, -0.05) is 17.7 Å². The minimum atomic E-state index is -0.630. The maximum Gasteiger partial charge on any atom is 0.255 e. The highest BCUT2D eigenvalue weighted by molar-refractivity contribution is 6.31. The predicted octanol–water partition coefficient (Wildman–Crippen LogP) is 5.54. The van der Waals surface area contributed by atoms with E-state index in [-0.39, 0.29) is 11.3 Å². The van der Waals surface area contributed by atoms with Crippen LogP contribution in [0.25, 0.3) is 0 Å². The lowest BCUT2D eigenvalue weighted by Crippen LogP contribution is -2.13. The van der Waals surface area contributed by atoms with Crippen molar-refractivity contribution in [1.82, 2.24) is 0 Å². The summed E-state index contributed by atoms with van der Waals surface area (Å²) in [5.41, 5.74) is 0.474. The van der Waals surface area contributed by atoms with E-state index in [1.165, 1.54) is 19.2 Å². The highest BCUT2D eigenvalue weighted by Gasteiger charge is 2.14. The number of ether oxygens (including phenoxy) is 3. The van der Waals surface area contributed by atoms with E-state index in [0.29, 0.717) is 28.0 Å². The summed E-state index contributed by atoms with van der Waals surface area (Å²) >= 11 is 6.06. The molecule has 0 heterocycles. The van der Waals surface area contributed by atoms with Gasteiger partial charge in [-0.2, -0.15) is 0 Å². The predicted molar refractivity (Wildman–Crippen MR) is 105 cm³/mol. The molecule has 144 valence electrons. The lowest BCUT2D eigenvalue weighted by Gasteiger charge is -2.14. The van der Waals surface area contributed by atoms with E-state index >= 15 is 0 Å². The van der Waals surface area contributed by atoms with E-state index in [0.717, 1.165) is 6.07 Å². The molecule has 0 saturated heterocycles. The third-order valence-electron chi connectivity index (χ3n) is 3.87. The number of nitrogens with one attached hydrogen (secondary N) is 1. The summed E-state index contributed by atoms with van der Waals surface area (Å²) in [5.74, 6) is 0.438. The van der Waals surface area contributed by atoms with Crippen LogP contribution in [0.3, 0.4) is 0 Å². The SMILES string of the molecule is COc1cccc(Oc2ccc(Cl)cc2NC(=O)c2ccc(OC)c(F)c2)c1. The average Bonchev–Trinajstić information content (AvgIpc) is 2.70. The van der Waals surface area contributed by atoms with Gasteiger partial charge in [0.1, 0.15) is 11.5 Å². The first kappa shape index (κ1) is 19.5. The van der Waals surface area contributed by atoms with Crippen LogP contribution in [0.1, 0.15) is 10.4 Å². The molecule has 0 aliphatic heterocycles. The van der Waals surface area contributed by atoms with Crippen molar-refractivity contribution >= 4 is 23.2 Å². The van der Waals surface area contributed by atoms with Crippen molar-refractivity contribution in [3.63, 3.8) is 0 Å².